The van der Waals surface area contributed by atoms with Gasteiger partial charge in [0.25, 0.3) is 0 Å². The predicted molar refractivity (Wildman–Crippen MR) is 94.8 cm³/mol. The van der Waals surface area contributed by atoms with Crippen LogP contribution in [-0.2, 0) is 6.42 Å². The number of alkyl halides is 2. The molecular formula is C17H15F2N5O2S. The summed E-state index contributed by atoms with van der Waals surface area (Å²) in [5.41, 5.74) is 7.47. The number of nitrogens with zero attached hydrogens (tertiary/aromatic N) is 4. The monoisotopic (exact) mass is 391 g/mol. The van der Waals surface area contributed by atoms with Gasteiger partial charge in [0.1, 0.15) is 5.75 Å². The Bertz CT molecular complexity index is 991. The summed E-state index contributed by atoms with van der Waals surface area (Å²) in [6, 6.07) is 7.02. The van der Waals surface area contributed by atoms with Gasteiger partial charge in [-0.1, -0.05) is 22.5 Å². The summed E-state index contributed by atoms with van der Waals surface area (Å²) in [5, 5.41) is 8.88. The van der Waals surface area contributed by atoms with E-state index in [-0.39, 0.29) is 23.7 Å². The molecule has 140 valence electrons. The number of halogens is 2. The number of hydrogen-bond donors (Lipinski definition) is 1. The molecule has 2 aromatic heterocycles. The highest BCUT2D eigenvalue weighted by molar-refractivity contribution is 7.15. The Morgan fingerprint density at radius 3 is 3.04 bits per heavy atom. The minimum Gasteiger partial charge on any atom is -0.435 e. The van der Waals surface area contributed by atoms with Gasteiger partial charge in [0, 0.05) is 18.0 Å². The van der Waals surface area contributed by atoms with E-state index in [0.717, 1.165) is 29.8 Å². The molecule has 2 N–H and O–H groups in total. The Morgan fingerprint density at radius 2 is 2.19 bits per heavy atom. The first-order chi connectivity index (χ1) is 13.1. The van der Waals surface area contributed by atoms with Crippen molar-refractivity contribution in [1.82, 2.24) is 15.2 Å². The third-order valence-electron chi connectivity index (χ3n) is 4.92. The number of fused-ring (bicyclic) bond motifs is 4. The minimum atomic E-state index is -2.89. The molecular weight excluding hydrogens is 376 g/mol. The van der Waals surface area contributed by atoms with Crippen molar-refractivity contribution < 1.29 is 17.9 Å². The second-order valence-electron chi connectivity index (χ2n) is 6.52. The zero-order chi connectivity index (χ0) is 18.5. The van der Waals surface area contributed by atoms with Gasteiger partial charge in [0.05, 0.1) is 16.6 Å². The van der Waals surface area contributed by atoms with Crippen LogP contribution in [0.15, 0.2) is 28.7 Å². The van der Waals surface area contributed by atoms with Gasteiger partial charge >= 0.3 is 12.6 Å². The van der Waals surface area contributed by atoms with E-state index in [1.54, 1.807) is 12.1 Å². The average molecular weight is 391 g/mol. The third kappa shape index (κ3) is 2.80. The van der Waals surface area contributed by atoms with E-state index in [9.17, 15) is 8.78 Å². The van der Waals surface area contributed by atoms with Crippen molar-refractivity contribution in [1.29, 1.82) is 0 Å². The topological polar surface area (TPSA) is 90.3 Å². The van der Waals surface area contributed by atoms with Gasteiger partial charge in [-0.05, 0) is 31.0 Å². The number of nitrogen functional groups attached to an aromatic ring is 1. The molecule has 0 radical (unpaired) electrons. The predicted octanol–water partition coefficient (Wildman–Crippen LogP) is 3.64. The maximum atomic E-state index is 12.4. The van der Waals surface area contributed by atoms with Crippen LogP contribution < -0.4 is 15.4 Å². The van der Waals surface area contributed by atoms with Crippen molar-refractivity contribution in [3.05, 3.63) is 34.8 Å². The zero-order valence-electron chi connectivity index (χ0n) is 14.0. The average Bonchev–Trinajstić information content (AvgIpc) is 3.31. The fourth-order valence-corrected chi connectivity index (χ4v) is 4.88. The normalized spacial score (nSPS) is 20.9. The van der Waals surface area contributed by atoms with Gasteiger partial charge in [0.2, 0.25) is 5.89 Å². The highest BCUT2D eigenvalue weighted by Gasteiger charge is 2.44. The van der Waals surface area contributed by atoms with Crippen molar-refractivity contribution in [2.75, 3.05) is 10.6 Å². The number of ether oxygens (including phenoxy) is 1. The van der Waals surface area contributed by atoms with Crippen molar-refractivity contribution in [2.24, 2.45) is 0 Å². The summed E-state index contributed by atoms with van der Waals surface area (Å²) in [6.07, 6.45) is 2.80. The van der Waals surface area contributed by atoms with Crippen LogP contribution in [-0.4, -0.2) is 27.8 Å². The number of thiazole rings is 1. The van der Waals surface area contributed by atoms with Crippen LogP contribution in [0.3, 0.4) is 0 Å². The van der Waals surface area contributed by atoms with Crippen LogP contribution >= 0.6 is 11.3 Å². The molecule has 1 fully saturated rings. The van der Waals surface area contributed by atoms with Crippen molar-refractivity contribution in [2.45, 2.75) is 38.0 Å². The molecule has 0 aliphatic carbocycles. The molecule has 2 aliphatic heterocycles. The Labute approximate surface area is 156 Å². The number of rotatable bonds is 4. The van der Waals surface area contributed by atoms with Gasteiger partial charge in [-0.25, -0.2) is 4.98 Å². The summed E-state index contributed by atoms with van der Waals surface area (Å²) in [7, 11) is 0. The first kappa shape index (κ1) is 16.4. The van der Waals surface area contributed by atoms with Crippen LogP contribution in [0, 0.1) is 0 Å². The van der Waals surface area contributed by atoms with Gasteiger partial charge in [0.15, 0.2) is 5.13 Å². The Balaban J connectivity index is 1.45. The largest absolute Gasteiger partial charge is 0.435 e. The van der Waals surface area contributed by atoms with E-state index in [1.165, 1.54) is 23.5 Å². The lowest BCUT2D eigenvalue weighted by molar-refractivity contribution is -0.0498. The van der Waals surface area contributed by atoms with E-state index in [1.807, 2.05) is 0 Å². The number of anilines is 2. The summed E-state index contributed by atoms with van der Waals surface area (Å²) in [4.78, 5) is 7.73. The molecule has 3 aromatic rings. The fourth-order valence-electron chi connectivity index (χ4n) is 3.88. The number of aromatic nitrogens is 3. The maximum absolute atomic E-state index is 12.4. The fraction of sp³-hybridized carbons (Fsp3) is 0.353. The Morgan fingerprint density at radius 1 is 1.30 bits per heavy atom. The van der Waals surface area contributed by atoms with Gasteiger partial charge in [-0.2, -0.15) is 8.78 Å². The molecule has 7 nitrogen and oxygen atoms in total. The lowest BCUT2D eigenvalue weighted by Crippen LogP contribution is -2.37. The first-order valence-corrected chi connectivity index (χ1v) is 9.32. The van der Waals surface area contributed by atoms with E-state index in [4.69, 9.17) is 10.2 Å². The molecule has 2 aliphatic rings. The van der Waals surface area contributed by atoms with Gasteiger partial charge in [-0.15, -0.1) is 5.10 Å². The van der Waals surface area contributed by atoms with E-state index >= 15 is 0 Å². The molecule has 4 heterocycles. The second kappa shape index (κ2) is 6.15. The smallest absolute Gasteiger partial charge is 0.387 e. The molecule has 1 saturated heterocycles. The summed E-state index contributed by atoms with van der Waals surface area (Å²) in [5.74, 6) is 0.309. The quantitative estimate of drug-likeness (QED) is 0.726. The molecule has 10 heteroatoms. The summed E-state index contributed by atoms with van der Waals surface area (Å²) in [6.45, 7) is -2.89. The Kier molecular flexibility index (Phi) is 3.74. The maximum Gasteiger partial charge on any atom is 0.387 e. The minimum absolute atomic E-state index is 0.0464. The lowest BCUT2D eigenvalue weighted by atomic mass is 10.1. The molecule has 0 saturated carbocycles. The van der Waals surface area contributed by atoms with Crippen LogP contribution in [0.1, 0.15) is 29.5 Å². The molecule has 2 unspecified atom stereocenters. The van der Waals surface area contributed by atoms with Gasteiger partial charge < -0.3 is 19.8 Å². The van der Waals surface area contributed by atoms with E-state index in [0.29, 0.717) is 16.7 Å². The van der Waals surface area contributed by atoms with E-state index in [2.05, 4.69) is 24.8 Å². The summed E-state index contributed by atoms with van der Waals surface area (Å²) < 4.78 is 35.2. The van der Waals surface area contributed by atoms with Crippen LogP contribution in [0.5, 0.6) is 5.75 Å². The number of hydrogen-bond acceptors (Lipinski definition) is 8. The van der Waals surface area contributed by atoms with Gasteiger partial charge in [-0.3, -0.25) is 0 Å². The third-order valence-corrected chi connectivity index (χ3v) is 5.95. The molecule has 0 spiro atoms. The SMILES string of the molecule is Nc1nc2c(s1)C1CCC(C2)N1c1nnc(-c2cccc(OC(F)F)c2)o1. The second-order valence-corrected chi connectivity index (χ2v) is 7.58. The van der Waals surface area contributed by atoms with Crippen molar-refractivity contribution in [3.63, 3.8) is 0 Å². The standard InChI is InChI=1S/C17H15F2N5O2S/c18-15(19)25-10-3-1-2-8(6-10)14-22-23-17(26-14)24-9-4-5-12(24)13-11(7-9)21-16(20)27-13/h1-3,6,9,12,15H,4-5,7H2,(H2,20,21). The zero-order valence-corrected chi connectivity index (χ0v) is 14.8. The molecule has 1 aromatic carbocycles. The first-order valence-electron chi connectivity index (χ1n) is 8.50. The van der Waals surface area contributed by atoms with Crippen molar-refractivity contribution >= 4 is 22.5 Å². The van der Waals surface area contributed by atoms with Crippen LogP contribution in [0.25, 0.3) is 11.5 Å². The summed E-state index contributed by atoms with van der Waals surface area (Å²) >= 11 is 1.51. The lowest BCUT2D eigenvalue weighted by Gasteiger charge is -2.32. The molecule has 0 amide bonds. The highest BCUT2D eigenvalue weighted by atomic mass is 32.1. The Hall–Kier alpha value is -2.75. The van der Waals surface area contributed by atoms with E-state index < -0.39 is 6.61 Å². The number of nitrogens with two attached hydrogens (primary N) is 1. The molecule has 5 rings (SSSR count). The highest BCUT2D eigenvalue weighted by Crippen LogP contribution is 2.48. The molecule has 2 bridgehead atoms. The van der Waals surface area contributed by atoms with Crippen LogP contribution in [0.2, 0.25) is 0 Å². The molecule has 27 heavy (non-hydrogen) atoms. The number of benzene rings is 1. The van der Waals surface area contributed by atoms with Crippen molar-refractivity contribution in [3.8, 4) is 17.2 Å². The van der Waals surface area contributed by atoms with Crippen LogP contribution in [0.4, 0.5) is 19.9 Å². The molecule has 2 atom stereocenters.